The van der Waals surface area contributed by atoms with E-state index in [-0.39, 0.29) is 5.91 Å². The third-order valence-electron chi connectivity index (χ3n) is 3.08. The van der Waals surface area contributed by atoms with Gasteiger partial charge in [-0.1, -0.05) is 11.6 Å². The van der Waals surface area contributed by atoms with Crippen molar-refractivity contribution >= 4 is 39.1 Å². The van der Waals surface area contributed by atoms with Crippen LogP contribution in [-0.2, 0) is 4.79 Å². The predicted molar refractivity (Wildman–Crippen MR) is 78.0 cm³/mol. The number of rotatable bonds is 3. The Bertz CT molecular complexity index is 433. The fraction of sp³-hybridized carbons (Fsp3) is 0.462. The van der Waals surface area contributed by atoms with Crippen LogP contribution in [0.1, 0.15) is 19.3 Å². The first-order valence-electron chi connectivity index (χ1n) is 6.11. The molecule has 98 valence electrons. The van der Waals surface area contributed by atoms with Crippen LogP contribution in [0, 0.1) is 5.92 Å². The van der Waals surface area contributed by atoms with Gasteiger partial charge < -0.3 is 10.6 Å². The predicted octanol–water partition coefficient (Wildman–Crippen LogP) is 3.43. The summed E-state index contributed by atoms with van der Waals surface area (Å²) >= 11 is 9.25. The lowest BCUT2D eigenvalue weighted by atomic mass is 9.96. The van der Waals surface area contributed by atoms with Crippen LogP contribution in [0.5, 0.6) is 0 Å². The van der Waals surface area contributed by atoms with Crippen molar-refractivity contribution in [1.29, 1.82) is 0 Å². The first-order chi connectivity index (χ1) is 8.65. The van der Waals surface area contributed by atoms with E-state index in [9.17, 15) is 4.79 Å². The van der Waals surface area contributed by atoms with E-state index < -0.39 is 0 Å². The summed E-state index contributed by atoms with van der Waals surface area (Å²) in [6.07, 6.45) is 2.85. The standard InChI is InChI=1S/C13H16BrClN2O/c14-11-7-10(15)3-4-12(11)17-13(18)6-9-2-1-5-16-8-9/h3-4,7,9,16H,1-2,5-6,8H2,(H,17,18). The topological polar surface area (TPSA) is 41.1 Å². The number of carbonyl (C=O) groups excluding carboxylic acids is 1. The molecule has 1 heterocycles. The maximum atomic E-state index is 11.9. The maximum Gasteiger partial charge on any atom is 0.224 e. The van der Waals surface area contributed by atoms with E-state index in [1.807, 2.05) is 6.07 Å². The van der Waals surface area contributed by atoms with E-state index in [0.717, 1.165) is 36.1 Å². The van der Waals surface area contributed by atoms with E-state index in [1.165, 1.54) is 0 Å². The quantitative estimate of drug-likeness (QED) is 0.891. The Morgan fingerprint density at radius 1 is 1.56 bits per heavy atom. The third kappa shape index (κ3) is 3.97. The Hall–Kier alpha value is -0.580. The summed E-state index contributed by atoms with van der Waals surface area (Å²) in [5, 5.41) is 6.88. The van der Waals surface area contributed by atoms with Crippen molar-refractivity contribution in [3.05, 3.63) is 27.7 Å². The van der Waals surface area contributed by atoms with Crippen LogP contribution in [0.3, 0.4) is 0 Å². The number of nitrogens with one attached hydrogen (secondary N) is 2. The first-order valence-corrected chi connectivity index (χ1v) is 7.28. The van der Waals surface area contributed by atoms with Crippen LogP contribution in [0.15, 0.2) is 22.7 Å². The average Bonchev–Trinajstić information content (AvgIpc) is 2.34. The molecular formula is C13H16BrClN2O. The minimum Gasteiger partial charge on any atom is -0.325 e. The van der Waals surface area contributed by atoms with Gasteiger partial charge in [0, 0.05) is 15.9 Å². The van der Waals surface area contributed by atoms with Crippen LogP contribution < -0.4 is 10.6 Å². The third-order valence-corrected chi connectivity index (χ3v) is 3.97. The molecule has 0 radical (unpaired) electrons. The largest absolute Gasteiger partial charge is 0.325 e. The maximum absolute atomic E-state index is 11.9. The van der Waals surface area contributed by atoms with E-state index in [1.54, 1.807) is 12.1 Å². The number of piperidine rings is 1. The highest BCUT2D eigenvalue weighted by molar-refractivity contribution is 9.10. The normalized spacial score (nSPS) is 19.6. The van der Waals surface area contributed by atoms with Crippen molar-refractivity contribution < 1.29 is 4.79 Å². The summed E-state index contributed by atoms with van der Waals surface area (Å²) in [4.78, 5) is 11.9. The lowest BCUT2D eigenvalue weighted by Gasteiger charge is -2.22. The molecule has 1 aliphatic heterocycles. The zero-order valence-corrected chi connectivity index (χ0v) is 12.4. The average molecular weight is 332 g/mol. The molecule has 1 unspecified atom stereocenters. The van der Waals surface area contributed by atoms with Gasteiger partial charge in [0.1, 0.15) is 0 Å². The lowest BCUT2D eigenvalue weighted by Crippen LogP contribution is -2.32. The smallest absolute Gasteiger partial charge is 0.224 e. The zero-order chi connectivity index (χ0) is 13.0. The fourth-order valence-electron chi connectivity index (χ4n) is 2.15. The molecule has 1 atom stereocenters. The molecule has 0 spiro atoms. The summed E-state index contributed by atoms with van der Waals surface area (Å²) in [5.41, 5.74) is 0.771. The van der Waals surface area contributed by atoms with Gasteiger partial charge in [0.05, 0.1) is 5.69 Å². The molecule has 1 fully saturated rings. The van der Waals surface area contributed by atoms with Crippen LogP contribution in [0.2, 0.25) is 5.02 Å². The van der Waals surface area contributed by atoms with Gasteiger partial charge >= 0.3 is 0 Å². The van der Waals surface area contributed by atoms with Gasteiger partial charge in [0.25, 0.3) is 0 Å². The van der Waals surface area contributed by atoms with E-state index in [4.69, 9.17) is 11.6 Å². The van der Waals surface area contributed by atoms with Gasteiger partial charge in [-0.25, -0.2) is 0 Å². The molecule has 1 aromatic carbocycles. The van der Waals surface area contributed by atoms with Crippen LogP contribution >= 0.6 is 27.5 Å². The molecule has 18 heavy (non-hydrogen) atoms. The molecular weight excluding hydrogens is 316 g/mol. The van der Waals surface area contributed by atoms with Crippen LogP contribution in [-0.4, -0.2) is 19.0 Å². The lowest BCUT2D eigenvalue weighted by molar-refractivity contribution is -0.117. The highest BCUT2D eigenvalue weighted by Gasteiger charge is 2.17. The fourth-order valence-corrected chi connectivity index (χ4v) is 2.93. The molecule has 1 aliphatic rings. The second kappa shape index (κ2) is 6.55. The zero-order valence-electron chi connectivity index (χ0n) is 10.0. The molecule has 1 amide bonds. The molecule has 1 saturated heterocycles. The molecule has 2 N–H and O–H groups in total. The van der Waals surface area contributed by atoms with E-state index >= 15 is 0 Å². The van der Waals surface area contributed by atoms with Crippen LogP contribution in [0.4, 0.5) is 5.69 Å². The van der Waals surface area contributed by atoms with Gasteiger partial charge in [0.2, 0.25) is 5.91 Å². The Morgan fingerprint density at radius 2 is 2.39 bits per heavy atom. The van der Waals surface area contributed by atoms with E-state index in [0.29, 0.717) is 17.4 Å². The number of hydrogen-bond acceptors (Lipinski definition) is 2. The van der Waals surface area contributed by atoms with Crippen molar-refractivity contribution in [2.75, 3.05) is 18.4 Å². The molecule has 2 rings (SSSR count). The van der Waals surface area contributed by atoms with Crippen LogP contribution in [0.25, 0.3) is 0 Å². The minimum absolute atomic E-state index is 0.0618. The number of benzene rings is 1. The molecule has 1 aromatic rings. The van der Waals surface area contributed by atoms with Crippen molar-refractivity contribution in [2.45, 2.75) is 19.3 Å². The van der Waals surface area contributed by atoms with Gasteiger partial charge in [-0.15, -0.1) is 0 Å². The highest BCUT2D eigenvalue weighted by Crippen LogP contribution is 2.26. The number of amides is 1. The highest BCUT2D eigenvalue weighted by atomic mass is 79.9. The SMILES string of the molecule is O=C(CC1CCCNC1)Nc1ccc(Cl)cc1Br. The second-order valence-electron chi connectivity index (χ2n) is 4.59. The van der Waals surface area contributed by atoms with Gasteiger partial charge in [0.15, 0.2) is 0 Å². The molecule has 0 saturated carbocycles. The molecule has 0 aromatic heterocycles. The minimum atomic E-state index is 0.0618. The first kappa shape index (κ1) is 13.8. The van der Waals surface area contributed by atoms with Crippen molar-refractivity contribution in [2.24, 2.45) is 5.92 Å². The molecule has 3 nitrogen and oxygen atoms in total. The summed E-state index contributed by atoms with van der Waals surface area (Å²) in [6, 6.07) is 5.35. The summed E-state index contributed by atoms with van der Waals surface area (Å²) in [5.74, 6) is 0.511. The Labute approximate surface area is 120 Å². The van der Waals surface area contributed by atoms with Crippen molar-refractivity contribution in [3.8, 4) is 0 Å². The number of hydrogen-bond donors (Lipinski definition) is 2. The van der Waals surface area contributed by atoms with Gasteiger partial charge in [-0.05, 0) is 66.0 Å². The van der Waals surface area contributed by atoms with Gasteiger partial charge in [-0.2, -0.15) is 0 Å². The number of carbonyl (C=O) groups is 1. The number of anilines is 1. The van der Waals surface area contributed by atoms with Crippen molar-refractivity contribution in [1.82, 2.24) is 5.32 Å². The molecule has 0 aliphatic carbocycles. The molecule has 5 heteroatoms. The monoisotopic (exact) mass is 330 g/mol. The summed E-state index contributed by atoms with van der Waals surface area (Å²) in [7, 11) is 0. The summed E-state index contributed by atoms with van der Waals surface area (Å²) in [6.45, 7) is 2.01. The summed E-state index contributed by atoms with van der Waals surface area (Å²) < 4.78 is 0.810. The second-order valence-corrected chi connectivity index (χ2v) is 5.88. The molecule has 0 bridgehead atoms. The van der Waals surface area contributed by atoms with E-state index in [2.05, 4.69) is 26.6 Å². The Morgan fingerprint density at radius 3 is 3.06 bits per heavy atom. The number of halogens is 2. The Balaban J connectivity index is 1.90. The van der Waals surface area contributed by atoms with Crippen molar-refractivity contribution in [3.63, 3.8) is 0 Å². The Kier molecular flexibility index (Phi) is 5.03. The van der Waals surface area contributed by atoms with Gasteiger partial charge in [-0.3, -0.25) is 4.79 Å².